The molecule has 0 aromatic heterocycles. The molecule has 0 atom stereocenters. The zero-order valence-corrected chi connectivity index (χ0v) is 14.9. The molecule has 1 aliphatic rings. The smallest absolute Gasteiger partial charge is 0.227 e. The number of carbonyl (C=O) groups excluding carboxylic acids is 2. The van der Waals surface area contributed by atoms with Gasteiger partial charge in [0.05, 0.1) is 6.42 Å². The van der Waals surface area contributed by atoms with Crippen LogP contribution in [0.4, 0.5) is 0 Å². The standard InChI is InChI=1S/C18H25ClN2O2/c1-18(2,3)13-17(23)21-10-8-20(9-11-21)16(22)12-14-6-4-5-7-15(14)19/h4-7H,8-13H2,1-3H3. The zero-order valence-electron chi connectivity index (χ0n) is 14.1. The number of amides is 2. The van der Waals surface area contributed by atoms with Gasteiger partial charge in [0.2, 0.25) is 11.8 Å². The van der Waals surface area contributed by atoms with Gasteiger partial charge in [-0.15, -0.1) is 0 Å². The highest BCUT2D eigenvalue weighted by Gasteiger charge is 2.26. The minimum Gasteiger partial charge on any atom is -0.339 e. The first kappa shape index (κ1) is 17.8. The van der Waals surface area contributed by atoms with Gasteiger partial charge in [-0.2, -0.15) is 0 Å². The highest BCUT2D eigenvalue weighted by Crippen LogP contribution is 2.21. The Balaban J connectivity index is 1.85. The van der Waals surface area contributed by atoms with Crippen LogP contribution < -0.4 is 0 Å². The number of carbonyl (C=O) groups is 2. The topological polar surface area (TPSA) is 40.6 Å². The number of rotatable bonds is 3. The Hall–Kier alpha value is -1.55. The van der Waals surface area contributed by atoms with Crippen LogP contribution in [0.2, 0.25) is 5.02 Å². The summed E-state index contributed by atoms with van der Waals surface area (Å²) in [6, 6.07) is 7.42. The Kier molecular flexibility index (Phi) is 5.69. The van der Waals surface area contributed by atoms with Crippen molar-refractivity contribution in [3.05, 3.63) is 34.9 Å². The van der Waals surface area contributed by atoms with Crippen molar-refractivity contribution in [1.29, 1.82) is 0 Å². The predicted molar refractivity (Wildman–Crippen MR) is 92.4 cm³/mol. The van der Waals surface area contributed by atoms with Gasteiger partial charge in [0, 0.05) is 37.6 Å². The number of benzene rings is 1. The molecule has 0 saturated carbocycles. The van der Waals surface area contributed by atoms with Crippen molar-refractivity contribution in [2.24, 2.45) is 5.41 Å². The van der Waals surface area contributed by atoms with Gasteiger partial charge in [-0.05, 0) is 17.0 Å². The molecule has 23 heavy (non-hydrogen) atoms. The lowest BCUT2D eigenvalue weighted by molar-refractivity contribution is -0.140. The fourth-order valence-corrected chi connectivity index (χ4v) is 2.89. The Labute approximate surface area is 143 Å². The lowest BCUT2D eigenvalue weighted by atomic mass is 9.91. The minimum atomic E-state index is -0.00586. The monoisotopic (exact) mass is 336 g/mol. The van der Waals surface area contributed by atoms with Crippen LogP contribution in [-0.2, 0) is 16.0 Å². The SMILES string of the molecule is CC(C)(C)CC(=O)N1CCN(C(=O)Cc2ccccc2Cl)CC1. The Morgan fingerprint density at radius 2 is 1.52 bits per heavy atom. The zero-order chi connectivity index (χ0) is 17.0. The van der Waals surface area contributed by atoms with Crippen molar-refractivity contribution < 1.29 is 9.59 Å². The Bertz CT molecular complexity index is 573. The van der Waals surface area contributed by atoms with Crippen molar-refractivity contribution in [1.82, 2.24) is 9.80 Å². The van der Waals surface area contributed by atoms with Crippen molar-refractivity contribution in [3.8, 4) is 0 Å². The van der Waals surface area contributed by atoms with Crippen LogP contribution in [-0.4, -0.2) is 47.8 Å². The van der Waals surface area contributed by atoms with Gasteiger partial charge in [0.15, 0.2) is 0 Å². The first-order chi connectivity index (χ1) is 10.8. The second-order valence-corrected chi connectivity index (χ2v) is 7.67. The summed E-state index contributed by atoms with van der Waals surface area (Å²) in [5.74, 6) is 0.247. The average molecular weight is 337 g/mol. The van der Waals surface area contributed by atoms with E-state index >= 15 is 0 Å². The molecule has 5 heteroatoms. The van der Waals surface area contributed by atoms with Crippen LogP contribution in [0.15, 0.2) is 24.3 Å². The van der Waals surface area contributed by atoms with E-state index in [-0.39, 0.29) is 17.2 Å². The maximum absolute atomic E-state index is 12.4. The van der Waals surface area contributed by atoms with Gasteiger partial charge in [-0.1, -0.05) is 50.6 Å². The van der Waals surface area contributed by atoms with Crippen molar-refractivity contribution >= 4 is 23.4 Å². The summed E-state index contributed by atoms with van der Waals surface area (Å²) in [6.45, 7) is 8.61. The van der Waals surface area contributed by atoms with E-state index < -0.39 is 0 Å². The number of halogens is 1. The number of piperazine rings is 1. The van der Waals surface area contributed by atoms with Gasteiger partial charge in [-0.3, -0.25) is 9.59 Å². The van der Waals surface area contributed by atoms with Crippen molar-refractivity contribution in [3.63, 3.8) is 0 Å². The maximum Gasteiger partial charge on any atom is 0.227 e. The van der Waals surface area contributed by atoms with E-state index in [0.717, 1.165) is 5.56 Å². The molecule has 2 amide bonds. The molecule has 126 valence electrons. The fourth-order valence-electron chi connectivity index (χ4n) is 2.69. The summed E-state index contributed by atoms with van der Waals surface area (Å²) in [5, 5.41) is 0.625. The van der Waals surface area contributed by atoms with Crippen LogP contribution in [0.25, 0.3) is 0 Å². The van der Waals surface area contributed by atoms with Crippen LogP contribution in [0.1, 0.15) is 32.8 Å². The van der Waals surface area contributed by atoms with E-state index in [9.17, 15) is 9.59 Å². The first-order valence-corrected chi connectivity index (χ1v) is 8.43. The molecule has 1 aliphatic heterocycles. The minimum absolute atomic E-state index is 0.00586. The highest BCUT2D eigenvalue weighted by atomic mass is 35.5. The molecular weight excluding hydrogens is 312 g/mol. The molecule has 1 aromatic rings. The van der Waals surface area contributed by atoms with E-state index in [1.54, 1.807) is 6.07 Å². The summed E-state index contributed by atoms with van der Waals surface area (Å²) in [5.41, 5.74) is 0.846. The van der Waals surface area contributed by atoms with Gasteiger partial charge in [0.1, 0.15) is 0 Å². The number of nitrogens with zero attached hydrogens (tertiary/aromatic N) is 2. The fraction of sp³-hybridized carbons (Fsp3) is 0.556. The third kappa shape index (κ3) is 5.24. The number of hydrogen-bond donors (Lipinski definition) is 0. The molecule has 1 heterocycles. The molecule has 0 aliphatic carbocycles. The lowest BCUT2D eigenvalue weighted by Gasteiger charge is -2.36. The molecule has 0 bridgehead atoms. The molecule has 4 nitrogen and oxygen atoms in total. The second kappa shape index (κ2) is 7.35. The van der Waals surface area contributed by atoms with Gasteiger partial charge >= 0.3 is 0 Å². The largest absolute Gasteiger partial charge is 0.339 e. The van der Waals surface area contributed by atoms with Crippen molar-refractivity contribution in [2.45, 2.75) is 33.6 Å². The summed E-state index contributed by atoms with van der Waals surface area (Å²) in [7, 11) is 0. The molecular formula is C18H25ClN2O2. The van der Waals surface area contributed by atoms with Crippen LogP contribution in [0.3, 0.4) is 0 Å². The number of hydrogen-bond acceptors (Lipinski definition) is 2. The second-order valence-electron chi connectivity index (χ2n) is 7.27. The van der Waals surface area contributed by atoms with Crippen LogP contribution >= 0.6 is 11.6 Å². The lowest BCUT2D eigenvalue weighted by Crippen LogP contribution is -2.51. The first-order valence-electron chi connectivity index (χ1n) is 8.05. The van der Waals surface area contributed by atoms with E-state index in [1.165, 1.54) is 0 Å². The third-order valence-corrected chi connectivity index (χ3v) is 4.33. The summed E-state index contributed by atoms with van der Waals surface area (Å²) in [4.78, 5) is 28.3. The molecule has 1 fully saturated rings. The molecule has 0 unspecified atom stereocenters. The van der Waals surface area contributed by atoms with Gasteiger partial charge in [0.25, 0.3) is 0 Å². The molecule has 2 rings (SSSR count). The van der Waals surface area contributed by atoms with Gasteiger partial charge < -0.3 is 9.80 Å². The van der Waals surface area contributed by atoms with E-state index in [0.29, 0.717) is 44.0 Å². The normalized spacial score (nSPS) is 15.7. The summed E-state index contributed by atoms with van der Waals surface area (Å²) >= 11 is 6.11. The quantitative estimate of drug-likeness (QED) is 0.851. The molecule has 0 spiro atoms. The summed E-state index contributed by atoms with van der Waals surface area (Å²) in [6.07, 6.45) is 0.857. The van der Waals surface area contributed by atoms with Gasteiger partial charge in [-0.25, -0.2) is 0 Å². The molecule has 0 radical (unpaired) electrons. The summed E-state index contributed by atoms with van der Waals surface area (Å²) < 4.78 is 0. The molecule has 1 aromatic carbocycles. The van der Waals surface area contributed by atoms with Crippen molar-refractivity contribution in [2.75, 3.05) is 26.2 Å². The third-order valence-electron chi connectivity index (χ3n) is 3.97. The maximum atomic E-state index is 12.4. The van der Waals surface area contributed by atoms with E-state index in [4.69, 9.17) is 11.6 Å². The predicted octanol–water partition coefficient (Wildman–Crippen LogP) is 2.99. The van der Waals surface area contributed by atoms with E-state index in [1.807, 2.05) is 28.0 Å². The van der Waals surface area contributed by atoms with Crippen LogP contribution in [0.5, 0.6) is 0 Å². The Morgan fingerprint density at radius 1 is 1.00 bits per heavy atom. The Morgan fingerprint density at radius 3 is 2.04 bits per heavy atom. The average Bonchev–Trinajstić information content (AvgIpc) is 2.48. The van der Waals surface area contributed by atoms with Crippen LogP contribution in [0, 0.1) is 5.41 Å². The molecule has 0 N–H and O–H groups in total. The van der Waals surface area contributed by atoms with E-state index in [2.05, 4.69) is 20.8 Å². The highest BCUT2D eigenvalue weighted by molar-refractivity contribution is 6.31. The molecule has 1 saturated heterocycles.